The van der Waals surface area contributed by atoms with E-state index in [-0.39, 0.29) is 11.8 Å². The molecule has 192 valence electrons. The molecule has 0 spiro atoms. The van der Waals surface area contributed by atoms with E-state index in [2.05, 4.69) is 41.2 Å². The van der Waals surface area contributed by atoms with E-state index in [1.807, 2.05) is 4.68 Å². The van der Waals surface area contributed by atoms with Crippen molar-refractivity contribution in [3.05, 3.63) is 34.5 Å². The van der Waals surface area contributed by atoms with Gasteiger partial charge in [-0.1, -0.05) is 25.9 Å². The minimum atomic E-state index is -0.185. The molecular weight excluding hydrogens is 448 g/mol. The number of aromatic nitrogens is 3. The van der Waals surface area contributed by atoms with Gasteiger partial charge in [-0.2, -0.15) is 5.10 Å². The molecule has 35 heavy (non-hydrogen) atoms. The molecule has 0 aromatic carbocycles. The van der Waals surface area contributed by atoms with E-state index in [0.717, 1.165) is 43.6 Å². The zero-order valence-electron chi connectivity index (χ0n) is 21.4. The average Bonchev–Trinajstić information content (AvgIpc) is 3.58. The van der Waals surface area contributed by atoms with Crippen molar-refractivity contribution in [1.29, 1.82) is 0 Å². The molecular formula is C25H38N6O4. The number of carbonyl (C=O) groups is 2. The van der Waals surface area contributed by atoms with Gasteiger partial charge in [0.15, 0.2) is 11.4 Å². The number of methoxy groups -OCH3 is 1. The highest BCUT2D eigenvalue weighted by molar-refractivity contribution is 5.95. The molecule has 1 atom stereocenters. The second-order valence-electron chi connectivity index (χ2n) is 9.88. The third-order valence-corrected chi connectivity index (χ3v) is 6.93. The lowest BCUT2D eigenvalue weighted by Gasteiger charge is -2.27. The smallest absolute Gasteiger partial charge is 0.276 e. The number of amides is 2. The van der Waals surface area contributed by atoms with Crippen LogP contribution in [0.5, 0.6) is 0 Å². The van der Waals surface area contributed by atoms with Crippen LogP contribution >= 0.6 is 0 Å². The Kier molecular flexibility index (Phi) is 8.22. The van der Waals surface area contributed by atoms with Crippen LogP contribution in [-0.4, -0.2) is 82.5 Å². The number of likely N-dealkylation sites (tertiary alicyclic amines) is 1. The number of carbonyl (C=O) groups excluding carboxylic acids is 2. The van der Waals surface area contributed by atoms with Crippen molar-refractivity contribution in [3.63, 3.8) is 0 Å². The maximum Gasteiger partial charge on any atom is 0.276 e. The van der Waals surface area contributed by atoms with Crippen molar-refractivity contribution in [1.82, 2.24) is 30.1 Å². The minimum Gasteiger partial charge on any atom is -0.383 e. The number of fused-ring (bicyclic) bond motifs is 1. The summed E-state index contributed by atoms with van der Waals surface area (Å²) >= 11 is 0. The topological polar surface area (TPSA) is 106 Å². The van der Waals surface area contributed by atoms with Gasteiger partial charge < -0.3 is 19.5 Å². The van der Waals surface area contributed by atoms with E-state index in [4.69, 9.17) is 9.26 Å². The molecule has 10 heteroatoms. The Morgan fingerprint density at radius 1 is 1.31 bits per heavy atom. The fourth-order valence-corrected chi connectivity index (χ4v) is 5.12. The second kappa shape index (κ2) is 11.3. The number of hydrogen-bond donors (Lipinski definition) is 1. The maximum atomic E-state index is 13.2. The molecule has 0 saturated carbocycles. The molecule has 4 heterocycles. The largest absolute Gasteiger partial charge is 0.383 e. The molecule has 1 saturated heterocycles. The van der Waals surface area contributed by atoms with Gasteiger partial charge in [0.1, 0.15) is 5.76 Å². The van der Waals surface area contributed by atoms with E-state index in [1.54, 1.807) is 18.1 Å². The number of nitrogens with zero attached hydrogens (tertiary/aromatic N) is 5. The van der Waals surface area contributed by atoms with Gasteiger partial charge in [-0.25, -0.2) is 0 Å². The minimum absolute atomic E-state index is 0.185. The number of rotatable bonds is 10. The van der Waals surface area contributed by atoms with Crippen LogP contribution < -0.4 is 5.32 Å². The third kappa shape index (κ3) is 5.75. The molecule has 0 radical (unpaired) electrons. The number of hydrogen-bond acceptors (Lipinski definition) is 7. The maximum absolute atomic E-state index is 13.2. The van der Waals surface area contributed by atoms with Gasteiger partial charge in [-0.15, -0.1) is 0 Å². The van der Waals surface area contributed by atoms with Crippen molar-refractivity contribution < 1.29 is 18.8 Å². The van der Waals surface area contributed by atoms with Crippen molar-refractivity contribution in [2.24, 2.45) is 5.92 Å². The number of nitrogens with one attached hydrogen (secondary N) is 1. The molecule has 0 unspecified atom stereocenters. The molecule has 2 aliphatic rings. The lowest BCUT2D eigenvalue weighted by Crippen LogP contribution is -2.41. The van der Waals surface area contributed by atoms with Gasteiger partial charge in [0.25, 0.3) is 11.8 Å². The van der Waals surface area contributed by atoms with E-state index in [0.29, 0.717) is 68.3 Å². The molecule has 10 nitrogen and oxygen atoms in total. The zero-order chi connectivity index (χ0) is 24.9. The summed E-state index contributed by atoms with van der Waals surface area (Å²) in [6.07, 6.45) is 3.60. The highest BCUT2D eigenvalue weighted by atomic mass is 16.5. The molecule has 2 aromatic rings. The van der Waals surface area contributed by atoms with Gasteiger partial charge in [-0.05, 0) is 31.8 Å². The van der Waals surface area contributed by atoms with Crippen LogP contribution in [0.4, 0.5) is 0 Å². The van der Waals surface area contributed by atoms with Crippen molar-refractivity contribution in [2.45, 2.75) is 65.6 Å². The lowest BCUT2D eigenvalue weighted by molar-refractivity contribution is 0.0719. The quantitative estimate of drug-likeness (QED) is 0.548. The number of likely N-dealkylation sites (N-methyl/N-ethyl adjacent to an activating group) is 1. The Morgan fingerprint density at radius 3 is 2.89 bits per heavy atom. The van der Waals surface area contributed by atoms with Gasteiger partial charge >= 0.3 is 0 Å². The summed E-state index contributed by atoms with van der Waals surface area (Å²) in [6, 6.07) is 2.09. The third-order valence-electron chi connectivity index (χ3n) is 6.93. The second-order valence-corrected chi connectivity index (χ2v) is 9.88. The summed E-state index contributed by atoms with van der Waals surface area (Å²) in [5, 5.41) is 11.8. The molecule has 0 bridgehead atoms. The van der Waals surface area contributed by atoms with Crippen molar-refractivity contribution in [2.75, 3.05) is 39.9 Å². The van der Waals surface area contributed by atoms with Crippen LogP contribution in [0.1, 0.15) is 71.6 Å². The summed E-state index contributed by atoms with van der Waals surface area (Å²) in [5.74, 6) is 0.753. The first-order valence-corrected chi connectivity index (χ1v) is 12.8. The summed E-state index contributed by atoms with van der Waals surface area (Å²) in [5.41, 5.74) is 2.51. The van der Waals surface area contributed by atoms with Crippen LogP contribution in [0.15, 0.2) is 10.6 Å². The van der Waals surface area contributed by atoms with Gasteiger partial charge in [0.05, 0.1) is 19.7 Å². The summed E-state index contributed by atoms with van der Waals surface area (Å²) in [7, 11) is 1.65. The Labute approximate surface area is 206 Å². The van der Waals surface area contributed by atoms with Crippen LogP contribution in [0.3, 0.4) is 0 Å². The van der Waals surface area contributed by atoms with E-state index in [9.17, 15) is 9.59 Å². The molecule has 2 aliphatic heterocycles. The first-order valence-electron chi connectivity index (χ1n) is 12.8. The molecule has 2 aromatic heterocycles. The summed E-state index contributed by atoms with van der Waals surface area (Å²) in [6.45, 7) is 10.9. The van der Waals surface area contributed by atoms with Gasteiger partial charge in [0, 0.05) is 56.4 Å². The predicted octanol–water partition coefficient (Wildman–Crippen LogP) is 2.13. The van der Waals surface area contributed by atoms with Crippen molar-refractivity contribution in [3.8, 4) is 0 Å². The first-order chi connectivity index (χ1) is 16.9. The molecule has 1 N–H and O–H groups in total. The van der Waals surface area contributed by atoms with Crippen molar-refractivity contribution >= 4 is 11.8 Å². The molecule has 4 rings (SSSR count). The summed E-state index contributed by atoms with van der Waals surface area (Å²) < 4.78 is 12.5. The summed E-state index contributed by atoms with van der Waals surface area (Å²) in [4.78, 5) is 30.6. The molecule has 0 aliphatic carbocycles. The molecule has 2 amide bonds. The highest BCUT2D eigenvalue weighted by Crippen LogP contribution is 2.25. The average molecular weight is 487 g/mol. The normalized spacial score (nSPS) is 18.3. The van der Waals surface area contributed by atoms with E-state index in [1.165, 1.54) is 0 Å². The van der Waals surface area contributed by atoms with E-state index < -0.39 is 0 Å². The van der Waals surface area contributed by atoms with Gasteiger partial charge in [0.2, 0.25) is 0 Å². The first kappa shape index (κ1) is 25.4. The number of ether oxygens (including phenoxy) is 1. The standard InChI is InChI=1S/C25H38N6O4/c1-5-29-9-6-7-18(29)15-26-24(32)23-20-16-30(10-8-22(20)31(27-23)11-12-34-4)25(33)21-14-19(35-28-21)13-17(2)3/h14,17-18H,5-13,15-16H2,1-4H3,(H,26,32)/t18-/m0/s1. The fourth-order valence-electron chi connectivity index (χ4n) is 5.12. The Morgan fingerprint density at radius 2 is 2.14 bits per heavy atom. The van der Waals surface area contributed by atoms with Crippen LogP contribution in [0.25, 0.3) is 0 Å². The monoisotopic (exact) mass is 486 g/mol. The van der Waals surface area contributed by atoms with E-state index >= 15 is 0 Å². The Bertz CT molecular complexity index is 1030. The van der Waals surface area contributed by atoms with Gasteiger partial charge in [-0.3, -0.25) is 19.2 Å². The highest BCUT2D eigenvalue weighted by Gasteiger charge is 2.32. The Balaban J connectivity index is 1.50. The lowest BCUT2D eigenvalue weighted by atomic mass is 10.0. The zero-order valence-corrected chi connectivity index (χ0v) is 21.4. The fraction of sp³-hybridized carbons (Fsp3) is 0.680. The van der Waals surface area contributed by atoms with Crippen LogP contribution in [-0.2, 0) is 30.7 Å². The van der Waals surface area contributed by atoms with Crippen LogP contribution in [0.2, 0.25) is 0 Å². The molecule has 1 fully saturated rings. The SMILES string of the molecule is CCN1CCC[C@H]1CNC(=O)c1nn(CCOC)c2c1CN(C(=O)c1cc(CC(C)C)on1)CC2. The van der Waals surface area contributed by atoms with Crippen LogP contribution in [0, 0.1) is 5.92 Å². The Hall–Kier alpha value is -2.72. The predicted molar refractivity (Wildman–Crippen MR) is 130 cm³/mol.